The molecule has 4 N–H and O–H groups in total. The first-order valence-corrected chi connectivity index (χ1v) is 6.54. The quantitative estimate of drug-likeness (QED) is 0.516. The van der Waals surface area contributed by atoms with Crippen LogP contribution in [0.3, 0.4) is 0 Å². The second-order valence-corrected chi connectivity index (χ2v) is 5.02. The molecule has 1 heterocycles. The summed E-state index contributed by atoms with van der Waals surface area (Å²) in [4.78, 5) is 18.3. The van der Waals surface area contributed by atoms with Gasteiger partial charge in [-0.1, -0.05) is 0 Å². The van der Waals surface area contributed by atoms with E-state index in [-0.39, 0.29) is 5.91 Å². The summed E-state index contributed by atoms with van der Waals surface area (Å²) in [6.07, 6.45) is 5.64. The smallest absolute Gasteiger partial charge is 0.253 e. The molecule has 1 aromatic heterocycles. The van der Waals surface area contributed by atoms with Gasteiger partial charge in [0.05, 0.1) is 17.4 Å². The zero-order valence-corrected chi connectivity index (χ0v) is 11.4. The number of carbonyl (C=O) groups is 1. The standard InChI is InChI=1S/C13H21N5O/c1-9(18(2)10-3-4-10)7-16-13(19)11-5-6-15-8-12(11)17-14/h5-6,8-10,17H,3-4,7,14H2,1-2H3,(H,16,19). The number of carbonyl (C=O) groups excluding carboxylic acids is 1. The Morgan fingerprint density at radius 1 is 1.63 bits per heavy atom. The SMILES string of the molecule is CC(CNC(=O)c1ccncc1NN)N(C)C1CC1. The number of aromatic nitrogens is 1. The molecule has 2 rings (SSSR count). The van der Waals surface area contributed by atoms with E-state index in [1.807, 2.05) is 0 Å². The number of hydrogen-bond acceptors (Lipinski definition) is 5. The first-order valence-electron chi connectivity index (χ1n) is 6.54. The molecule has 19 heavy (non-hydrogen) atoms. The molecule has 1 fully saturated rings. The van der Waals surface area contributed by atoms with Crippen molar-refractivity contribution >= 4 is 11.6 Å². The number of likely N-dealkylation sites (N-methyl/N-ethyl adjacent to an activating group) is 1. The molecule has 104 valence electrons. The number of hydrazine groups is 1. The van der Waals surface area contributed by atoms with Crippen LogP contribution in [0.4, 0.5) is 5.69 Å². The molecule has 0 aliphatic heterocycles. The third kappa shape index (κ3) is 3.42. The summed E-state index contributed by atoms with van der Waals surface area (Å²) in [6, 6.07) is 2.67. The van der Waals surface area contributed by atoms with E-state index in [0.717, 1.165) is 0 Å². The average Bonchev–Trinajstić information content (AvgIpc) is 3.28. The number of nitrogens with two attached hydrogens (primary N) is 1. The lowest BCUT2D eigenvalue weighted by atomic mass is 10.2. The Labute approximate surface area is 113 Å². The number of anilines is 1. The molecule has 1 aromatic rings. The molecule has 1 unspecified atom stereocenters. The number of pyridine rings is 1. The molecule has 0 bridgehead atoms. The van der Waals surface area contributed by atoms with E-state index in [0.29, 0.717) is 29.9 Å². The maximum atomic E-state index is 12.1. The summed E-state index contributed by atoms with van der Waals surface area (Å²) in [5, 5.41) is 2.93. The summed E-state index contributed by atoms with van der Waals surface area (Å²) in [6.45, 7) is 2.74. The minimum absolute atomic E-state index is 0.133. The normalized spacial score (nSPS) is 16.2. The van der Waals surface area contributed by atoms with Gasteiger partial charge in [-0.25, -0.2) is 0 Å². The minimum atomic E-state index is -0.133. The van der Waals surface area contributed by atoms with Crippen molar-refractivity contribution in [2.45, 2.75) is 31.8 Å². The lowest BCUT2D eigenvalue weighted by molar-refractivity contribution is 0.0940. The maximum Gasteiger partial charge on any atom is 0.253 e. The van der Waals surface area contributed by atoms with Gasteiger partial charge in [-0.05, 0) is 32.9 Å². The Morgan fingerprint density at radius 3 is 3.00 bits per heavy atom. The molecule has 1 aliphatic carbocycles. The van der Waals surface area contributed by atoms with E-state index in [4.69, 9.17) is 5.84 Å². The molecular formula is C13H21N5O. The van der Waals surface area contributed by atoms with Crippen LogP contribution in [0, 0.1) is 0 Å². The molecule has 0 saturated heterocycles. The fourth-order valence-corrected chi connectivity index (χ4v) is 2.03. The van der Waals surface area contributed by atoms with Crippen molar-refractivity contribution in [2.24, 2.45) is 5.84 Å². The van der Waals surface area contributed by atoms with Gasteiger partial charge in [0.1, 0.15) is 0 Å². The van der Waals surface area contributed by atoms with Crippen LogP contribution in [-0.4, -0.2) is 41.5 Å². The molecule has 1 amide bonds. The Bertz CT molecular complexity index is 446. The summed E-state index contributed by atoms with van der Waals surface area (Å²) in [5.74, 6) is 5.23. The Kier molecular flexibility index (Phi) is 4.34. The predicted octanol–water partition coefficient (Wildman–Crippen LogP) is 0.580. The third-order valence-corrected chi connectivity index (χ3v) is 3.60. The average molecular weight is 263 g/mol. The van der Waals surface area contributed by atoms with Crippen LogP contribution in [0.25, 0.3) is 0 Å². The van der Waals surface area contributed by atoms with Gasteiger partial charge in [-0.2, -0.15) is 0 Å². The van der Waals surface area contributed by atoms with Crippen LogP contribution < -0.4 is 16.6 Å². The monoisotopic (exact) mass is 263 g/mol. The molecule has 0 spiro atoms. The first-order chi connectivity index (χ1) is 9.13. The van der Waals surface area contributed by atoms with Crippen molar-refractivity contribution in [3.05, 3.63) is 24.0 Å². The van der Waals surface area contributed by atoms with E-state index in [9.17, 15) is 4.79 Å². The van der Waals surface area contributed by atoms with Gasteiger partial charge in [0.25, 0.3) is 5.91 Å². The van der Waals surface area contributed by atoms with E-state index in [1.165, 1.54) is 19.0 Å². The number of hydrogen-bond donors (Lipinski definition) is 3. The number of amides is 1. The highest BCUT2D eigenvalue weighted by Crippen LogP contribution is 2.26. The largest absolute Gasteiger partial charge is 0.350 e. The van der Waals surface area contributed by atoms with E-state index < -0.39 is 0 Å². The van der Waals surface area contributed by atoms with Crippen LogP contribution in [-0.2, 0) is 0 Å². The van der Waals surface area contributed by atoms with Gasteiger partial charge in [-0.3, -0.25) is 20.5 Å². The maximum absolute atomic E-state index is 12.1. The van der Waals surface area contributed by atoms with Crippen molar-refractivity contribution in [1.29, 1.82) is 0 Å². The summed E-state index contributed by atoms with van der Waals surface area (Å²) in [7, 11) is 2.10. The van der Waals surface area contributed by atoms with Crippen LogP contribution in [0.15, 0.2) is 18.5 Å². The van der Waals surface area contributed by atoms with Crippen LogP contribution in [0.5, 0.6) is 0 Å². The molecule has 1 atom stereocenters. The molecule has 6 heteroatoms. The van der Waals surface area contributed by atoms with Crippen molar-refractivity contribution in [3.8, 4) is 0 Å². The second kappa shape index (κ2) is 5.99. The summed E-state index contributed by atoms with van der Waals surface area (Å²) >= 11 is 0. The Hall–Kier alpha value is -1.66. The fraction of sp³-hybridized carbons (Fsp3) is 0.538. The van der Waals surface area contributed by atoms with Gasteiger partial charge in [0.2, 0.25) is 0 Å². The number of nitrogens with zero attached hydrogens (tertiary/aromatic N) is 2. The molecule has 0 aromatic carbocycles. The number of nitrogens with one attached hydrogen (secondary N) is 2. The first kappa shape index (κ1) is 13.8. The predicted molar refractivity (Wildman–Crippen MR) is 74.6 cm³/mol. The van der Waals surface area contributed by atoms with Crippen molar-refractivity contribution in [3.63, 3.8) is 0 Å². The zero-order chi connectivity index (χ0) is 13.8. The Balaban J connectivity index is 1.89. The lowest BCUT2D eigenvalue weighted by Gasteiger charge is -2.24. The van der Waals surface area contributed by atoms with Gasteiger partial charge in [-0.15, -0.1) is 0 Å². The molecule has 6 nitrogen and oxygen atoms in total. The zero-order valence-electron chi connectivity index (χ0n) is 11.4. The van der Waals surface area contributed by atoms with Gasteiger partial charge >= 0.3 is 0 Å². The highest BCUT2D eigenvalue weighted by molar-refractivity contribution is 5.99. The van der Waals surface area contributed by atoms with Gasteiger partial charge in [0, 0.05) is 24.8 Å². The third-order valence-electron chi connectivity index (χ3n) is 3.60. The van der Waals surface area contributed by atoms with Crippen LogP contribution in [0.1, 0.15) is 30.1 Å². The van der Waals surface area contributed by atoms with Crippen molar-refractivity contribution in [1.82, 2.24) is 15.2 Å². The highest BCUT2D eigenvalue weighted by Gasteiger charge is 2.29. The lowest BCUT2D eigenvalue weighted by Crippen LogP contribution is -2.41. The number of nitrogen functional groups attached to an aromatic ring is 1. The second-order valence-electron chi connectivity index (χ2n) is 5.02. The summed E-state index contributed by atoms with van der Waals surface area (Å²) < 4.78 is 0. The molecule has 1 aliphatic rings. The van der Waals surface area contributed by atoms with Crippen molar-refractivity contribution in [2.75, 3.05) is 19.0 Å². The van der Waals surface area contributed by atoms with E-state index in [1.54, 1.807) is 12.3 Å². The highest BCUT2D eigenvalue weighted by atomic mass is 16.1. The van der Waals surface area contributed by atoms with Gasteiger partial charge < -0.3 is 10.7 Å². The minimum Gasteiger partial charge on any atom is -0.350 e. The van der Waals surface area contributed by atoms with Crippen molar-refractivity contribution < 1.29 is 4.79 Å². The summed E-state index contributed by atoms with van der Waals surface area (Å²) in [5.41, 5.74) is 3.52. The van der Waals surface area contributed by atoms with Crippen LogP contribution in [0.2, 0.25) is 0 Å². The molecule has 0 radical (unpaired) electrons. The number of rotatable bonds is 6. The van der Waals surface area contributed by atoms with Crippen LogP contribution >= 0.6 is 0 Å². The van der Waals surface area contributed by atoms with E-state index >= 15 is 0 Å². The molecular weight excluding hydrogens is 242 g/mol. The molecule has 1 saturated carbocycles. The fourth-order valence-electron chi connectivity index (χ4n) is 2.03. The van der Waals surface area contributed by atoms with E-state index in [2.05, 4.69) is 34.6 Å². The topological polar surface area (TPSA) is 83.3 Å². The van der Waals surface area contributed by atoms with Gasteiger partial charge in [0.15, 0.2) is 0 Å². The Morgan fingerprint density at radius 2 is 2.37 bits per heavy atom.